The molecule has 2 unspecified atom stereocenters. The van der Waals surface area contributed by atoms with Gasteiger partial charge in [-0.3, -0.25) is 4.90 Å². The number of cyclic esters (lactones) is 1. The molecule has 6 nitrogen and oxygen atoms in total. The van der Waals surface area contributed by atoms with Gasteiger partial charge >= 0.3 is 5.97 Å². The van der Waals surface area contributed by atoms with E-state index in [2.05, 4.69) is 0 Å². The van der Waals surface area contributed by atoms with Crippen molar-refractivity contribution in [1.82, 2.24) is 4.90 Å². The van der Waals surface area contributed by atoms with Crippen molar-refractivity contribution in [3.05, 3.63) is 59.5 Å². The average Bonchev–Trinajstić information content (AvgIpc) is 3.26. The molecule has 1 aromatic carbocycles. The molecular formula is C17H17NO5S. The number of ether oxygens (including phenoxy) is 1. The van der Waals surface area contributed by atoms with E-state index in [0.29, 0.717) is 24.3 Å². The van der Waals surface area contributed by atoms with Crippen molar-refractivity contribution in [2.45, 2.75) is 25.2 Å². The lowest BCUT2D eigenvalue weighted by Gasteiger charge is -2.32. The van der Waals surface area contributed by atoms with Crippen LogP contribution < -0.4 is 0 Å². The zero-order valence-corrected chi connectivity index (χ0v) is 13.7. The van der Waals surface area contributed by atoms with Crippen LogP contribution in [0.2, 0.25) is 0 Å². The molecule has 0 spiro atoms. The van der Waals surface area contributed by atoms with Gasteiger partial charge < -0.3 is 9.15 Å². The summed E-state index contributed by atoms with van der Waals surface area (Å²) < 4.78 is 34.8. The molecule has 126 valence electrons. The van der Waals surface area contributed by atoms with E-state index in [-0.39, 0.29) is 23.5 Å². The average molecular weight is 347 g/mol. The number of carbonyl (C=O) groups is 1. The maximum atomic E-state index is 12.1. The maximum absolute atomic E-state index is 12.1. The number of hydrogen-bond donors (Lipinski definition) is 0. The molecule has 2 aliphatic heterocycles. The fourth-order valence-corrected chi connectivity index (χ4v) is 5.14. The Hall–Kier alpha value is -2.12. The second-order valence-corrected chi connectivity index (χ2v) is 8.38. The van der Waals surface area contributed by atoms with Gasteiger partial charge in [0.2, 0.25) is 0 Å². The van der Waals surface area contributed by atoms with E-state index in [1.807, 2.05) is 23.1 Å². The van der Waals surface area contributed by atoms with Crippen LogP contribution in [-0.4, -0.2) is 36.8 Å². The normalized spacial score (nSPS) is 25.0. The topological polar surface area (TPSA) is 76.8 Å². The predicted molar refractivity (Wildman–Crippen MR) is 85.9 cm³/mol. The predicted octanol–water partition coefficient (Wildman–Crippen LogP) is 2.14. The number of hydrogen-bond acceptors (Lipinski definition) is 6. The first kappa shape index (κ1) is 15.4. The highest BCUT2D eigenvalue weighted by molar-refractivity contribution is 7.91. The smallest absolute Gasteiger partial charge is 0.340 e. The summed E-state index contributed by atoms with van der Waals surface area (Å²) in [6.07, 6.45) is 1.52. The molecule has 2 aliphatic rings. The fraction of sp³-hybridized carbons (Fsp3) is 0.353. The summed E-state index contributed by atoms with van der Waals surface area (Å²) in [5.41, 5.74) is 1.31. The Balaban J connectivity index is 1.69. The lowest BCUT2D eigenvalue weighted by molar-refractivity contribution is -0.0450. The van der Waals surface area contributed by atoms with Crippen molar-refractivity contribution in [3.63, 3.8) is 0 Å². The standard InChI is InChI=1S/C17H17NO5S/c19-17-15-6-2-1-5-14(15)16(23-17)18(10-13-4-3-8-22-13)12-7-9-24(20,21)11-12/h1-6,8,12,16H,7,9-11H2. The molecule has 2 atom stereocenters. The van der Waals surface area contributed by atoms with E-state index < -0.39 is 16.1 Å². The minimum absolute atomic E-state index is 0.0733. The summed E-state index contributed by atoms with van der Waals surface area (Å²) >= 11 is 0. The minimum atomic E-state index is -3.05. The Kier molecular flexibility index (Phi) is 3.69. The first-order chi connectivity index (χ1) is 11.5. The minimum Gasteiger partial charge on any atom is -0.468 e. The van der Waals surface area contributed by atoms with Crippen molar-refractivity contribution in [3.8, 4) is 0 Å². The third kappa shape index (κ3) is 2.74. The highest BCUT2D eigenvalue weighted by atomic mass is 32.2. The number of fused-ring (bicyclic) bond motifs is 1. The largest absolute Gasteiger partial charge is 0.468 e. The summed E-state index contributed by atoms with van der Waals surface area (Å²) in [4.78, 5) is 14.1. The Labute approximate surface area is 139 Å². The van der Waals surface area contributed by atoms with E-state index in [0.717, 1.165) is 5.56 Å². The zero-order chi connectivity index (χ0) is 16.7. The van der Waals surface area contributed by atoms with Crippen molar-refractivity contribution in [1.29, 1.82) is 0 Å². The van der Waals surface area contributed by atoms with Crippen LogP contribution in [0.1, 0.15) is 34.3 Å². The number of esters is 1. The molecule has 1 aromatic heterocycles. The molecule has 1 fully saturated rings. The van der Waals surface area contributed by atoms with Gasteiger partial charge in [-0.05, 0) is 24.6 Å². The Morgan fingerprint density at radius 3 is 2.71 bits per heavy atom. The third-order valence-corrected chi connectivity index (χ3v) is 6.31. The van der Waals surface area contributed by atoms with E-state index in [1.54, 1.807) is 24.5 Å². The SMILES string of the molecule is O=C1OC(N(Cc2ccco2)C2CCS(=O)(=O)C2)c2ccccc21. The van der Waals surface area contributed by atoms with Crippen LogP contribution in [0.15, 0.2) is 47.1 Å². The zero-order valence-electron chi connectivity index (χ0n) is 12.9. The molecule has 0 N–H and O–H groups in total. The molecule has 2 aromatic rings. The van der Waals surface area contributed by atoms with Gasteiger partial charge in [-0.25, -0.2) is 13.2 Å². The highest BCUT2D eigenvalue weighted by Gasteiger charge is 2.42. The van der Waals surface area contributed by atoms with Crippen molar-refractivity contribution >= 4 is 15.8 Å². The van der Waals surface area contributed by atoms with Gasteiger partial charge in [0, 0.05) is 11.6 Å². The Bertz CT molecular complexity index is 859. The molecule has 0 aliphatic carbocycles. The van der Waals surface area contributed by atoms with E-state index in [4.69, 9.17) is 9.15 Å². The lowest BCUT2D eigenvalue weighted by Crippen LogP contribution is -2.39. The molecule has 0 amide bonds. The second-order valence-electron chi connectivity index (χ2n) is 6.15. The van der Waals surface area contributed by atoms with E-state index in [9.17, 15) is 13.2 Å². The number of sulfone groups is 1. The van der Waals surface area contributed by atoms with Gasteiger partial charge in [-0.2, -0.15) is 0 Å². The molecule has 0 saturated carbocycles. The van der Waals surface area contributed by atoms with Crippen molar-refractivity contribution in [2.24, 2.45) is 0 Å². The highest BCUT2D eigenvalue weighted by Crippen LogP contribution is 2.37. The van der Waals surface area contributed by atoms with Crippen LogP contribution in [0.5, 0.6) is 0 Å². The van der Waals surface area contributed by atoms with Crippen LogP contribution in [0.4, 0.5) is 0 Å². The van der Waals surface area contributed by atoms with Gasteiger partial charge in [0.05, 0.1) is 29.9 Å². The van der Waals surface area contributed by atoms with E-state index >= 15 is 0 Å². The molecule has 1 saturated heterocycles. The summed E-state index contributed by atoms with van der Waals surface area (Å²) in [6.45, 7) is 0.388. The van der Waals surface area contributed by atoms with Crippen LogP contribution in [0.3, 0.4) is 0 Å². The number of rotatable bonds is 4. The Morgan fingerprint density at radius 2 is 2.00 bits per heavy atom. The van der Waals surface area contributed by atoms with Crippen molar-refractivity contribution in [2.75, 3.05) is 11.5 Å². The number of benzene rings is 1. The maximum Gasteiger partial charge on any atom is 0.340 e. The van der Waals surface area contributed by atoms with Gasteiger partial charge in [0.15, 0.2) is 16.1 Å². The summed E-state index contributed by atoms with van der Waals surface area (Å²) in [5, 5.41) is 0. The Morgan fingerprint density at radius 1 is 1.17 bits per heavy atom. The second kappa shape index (κ2) is 5.75. The molecule has 0 radical (unpaired) electrons. The molecular weight excluding hydrogens is 330 g/mol. The van der Waals surface area contributed by atoms with Crippen molar-refractivity contribution < 1.29 is 22.4 Å². The molecule has 3 heterocycles. The van der Waals surface area contributed by atoms with Gasteiger partial charge in [-0.15, -0.1) is 0 Å². The van der Waals surface area contributed by atoms with Gasteiger partial charge in [-0.1, -0.05) is 18.2 Å². The van der Waals surface area contributed by atoms with E-state index in [1.165, 1.54) is 0 Å². The summed E-state index contributed by atoms with van der Waals surface area (Å²) in [7, 11) is -3.05. The monoisotopic (exact) mass is 347 g/mol. The first-order valence-electron chi connectivity index (χ1n) is 7.82. The quantitative estimate of drug-likeness (QED) is 0.789. The van der Waals surface area contributed by atoms with Crippen LogP contribution in [0.25, 0.3) is 0 Å². The summed E-state index contributed by atoms with van der Waals surface area (Å²) in [5.74, 6) is 0.569. The van der Waals surface area contributed by atoms with Crippen LogP contribution in [0, 0.1) is 0 Å². The molecule has 7 heteroatoms. The van der Waals surface area contributed by atoms with Gasteiger partial charge in [0.25, 0.3) is 0 Å². The fourth-order valence-electron chi connectivity index (χ4n) is 3.40. The summed E-state index contributed by atoms with van der Waals surface area (Å²) in [6, 6.07) is 10.6. The number of carbonyl (C=O) groups excluding carboxylic acids is 1. The van der Waals surface area contributed by atoms with Crippen LogP contribution >= 0.6 is 0 Å². The molecule has 0 bridgehead atoms. The lowest BCUT2D eigenvalue weighted by atomic mass is 10.1. The molecule has 24 heavy (non-hydrogen) atoms. The molecule has 4 rings (SSSR count). The first-order valence-corrected chi connectivity index (χ1v) is 9.64. The van der Waals surface area contributed by atoms with Crippen LogP contribution in [-0.2, 0) is 21.1 Å². The third-order valence-electron chi connectivity index (χ3n) is 4.56. The van der Waals surface area contributed by atoms with Gasteiger partial charge in [0.1, 0.15) is 5.76 Å². The number of furan rings is 1. The number of nitrogens with zero attached hydrogens (tertiary/aromatic N) is 1.